The van der Waals surface area contributed by atoms with Crippen molar-refractivity contribution in [2.24, 2.45) is 0 Å². The van der Waals surface area contributed by atoms with Gasteiger partial charge in [-0.05, 0) is 36.6 Å². The van der Waals surface area contributed by atoms with Gasteiger partial charge in [0.25, 0.3) is 5.91 Å². The van der Waals surface area contributed by atoms with Crippen LogP contribution in [0, 0.1) is 0 Å². The molecule has 27 heavy (non-hydrogen) atoms. The Bertz CT molecular complexity index is 870. The highest BCUT2D eigenvalue weighted by Gasteiger charge is 2.32. The van der Waals surface area contributed by atoms with Crippen LogP contribution in [0.3, 0.4) is 0 Å². The fourth-order valence-corrected chi connectivity index (χ4v) is 3.61. The van der Waals surface area contributed by atoms with E-state index >= 15 is 0 Å². The van der Waals surface area contributed by atoms with Gasteiger partial charge < -0.3 is 10.1 Å². The summed E-state index contributed by atoms with van der Waals surface area (Å²) < 4.78 is 5.83. The zero-order chi connectivity index (χ0) is 18.6. The second-order valence-corrected chi connectivity index (χ2v) is 6.93. The zero-order valence-electron chi connectivity index (χ0n) is 15.1. The lowest BCUT2D eigenvalue weighted by molar-refractivity contribution is -0.123. The van der Waals surface area contributed by atoms with Crippen LogP contribution in [-0.2, 0) is 9.59 Å². The minimum absolute atomic E-state index is 0.0121. The smallest absolute Gasteiger partial charge is 0.294 e. The zero-order valence-corrected chi connectivity index (χ0v) is 15.1. The number of fused-ring (bicyclic) bond motifs is 1. The second-order valence-electron chi connectivity index (χ2n) is 6.93. The van der Waals surface area contributed by atoms with E-state index in [1.165, 1.54) is 4.90 Å². The SMILES string of the molecule is O=C(CN1C(=O)/C(=C\c2ccccc2)Oc2ccccc21)NC1CCCC1. The van der Waals surface area contributed by atoms with E-state index in [0.29, 0.717) is 11.4 Å². The average Bonchev–Trinajstić information content (AvgIpc) is 3.19. The normalized spacial score (nSPS) is 18.3. The molecule has 1 saturated carbocycles. The van der Waals surface area contributed by atoms with E-state index in [1.807, 2.05) is 48.5 Å². The fourth-order valence-electron chi connectivity index (χ4n) is 3.61. The topological polar surface area (TPSA) is 58.6 Å². The summed E-state index contributed by atoms with van der Waals surface area (Å²) in [4.78, 5) is 27.0. The van der Waals surface area contributed by atoms with Crippen molar-refractivity contribution in [1.29, 1.82) is 0 Å². The lowest BCUT2D eigenvalue weighted by Gasteiger charge is -2.30. The Morgan fingerprint density at radius 2 is 1.78 bits per heavy atom. The predicted octanol–water partition coefficient (Wildman–Crippen LogP) is 3.51. The number of rotatable bonds is 4. The average molecular weight is 362 g/mol. The number of ether oxygens (including phenoxy) is 1. The molecule has 0 bridgehead atoms. The monoisotopic (exact) mass is 362 g/mol. The van der Waals surface area contributed by atoms with Crippen molar-refractivity contribution in [3.63, 3.8) is 0 Å². The third kappa shape index (κ3) is 3.87. The van der Waals surface area contributed by atoms with Crippen molar-refractivity contribution in [3.05, 3.63) is 65.9 Å². The van der Waals surface area contributed by atoms with E-state index in [2.05, 4.69) is 5.32 Å². The molecule has 5 heteroatoms. The van der Waals surface area contributed by atoms with Gasteiger partial charge in [0.05, 0.1) is 5.69 Å². The fraction of sp³-hybridized carbons (Fsp3) is 0.273. The minimum atomic E-state index is -0.306. The summed E-state index contributed by atoms with van der Waals surface area (Å²) in [5.41, 5.74) is 1.49. The lowest BCUT2D eigenvalue weighted by Crippen LogP contribution is -2.46. The molecule has 0 saturated heterocycles. The van der Waals surface area contributed by atoms with E-state index in [0.717, 1.165) is 31.2 Å². The molecule has 138 valence electrons. The maximum absolute atomic E-state index is 13.0. The van der Waals surface area contributed by atoms with E-state index in [4.69, 9.17) is 4.74 Å². The van der Waals surface area contributed by atoms with Crippen molar-refractivity contribution in [2.75, 3.05) is 11.4 Å². The number of carbonyl (C=O) groups excluding carboxylic acids is 2. The van der Waals surface area contributed by atoms with Gasteiger partial charge in [0.15, 0.2) is 11.5 Å². The van der Waals surface area contributed by atoms with Crippen molar-refractivity contribution in [3.8, 4) is 5.75 Å². The van der Waals surface area contributed by atoms with Crippen LogP contribution in [0.25, 0.3) is 6.08 Å². The predicted molar refractivity (Wildman–Crippen MR) is 104 cm³/mol. The number of para-hydroxylation sites is 2. The molecule has 2 aromatic rings. The van der Waals surface area contributed by atoms with Gasteiger partial charge in [0.2, 0.25) is 5.91 Å². The van der Waals surface area contributed by atoms with Crippen LogP contribution in [0.4, 0.5) is 5.69 Å². The van der Waals surface area contributed by atoms with Crippen LogP contribution in [0.1, 0.15) is 31.2 Å². The molecule has 5 nitrogen and oxygen atoms in total. The van der Waals surface area contributed by atoms with Gasteiger partial charge in [-0.1, -0.05) is 55.3 Å². The molecule has 0 aromatic heterocycles. The maximum Gasteiger partial charge on any atom is 0.294 e. The van der Waals surface area contributed by atoms with Crippen LogP contribution in [-0.4, -0.2) is 24.4 Å². The summed E-state index contributed by atoms with van der Waals surface area (Å²) in [6, 6.07) is 17.1. The van der Waals surface area contributed by atoms with Gasteiger partial charge in [-0.25, -0.2) is 0 Å². The van der Waals surface area contributed by atoms with Crippen molar-refractivity contribution in [2.45, 2.75) is 31.7 Å². The Balaban J connectivity index is 1.59. The summed E-state index contributed by atoms with van der Waals surface area (Å²) in [5, 5.41) is 3.05. The highest BCUT2D eigenvalue weighted by molar-refractivity contribution is 6.12. The molecule has 4 rings (SSSR count). The highest BCUT2D eigenvalue weighted by Crippen LogP contribution is 2.35. The third-order valence-electron chi connectivity index (χ3n) is 4.95. The molecule has 2 aliphatic rings. The number of amides is 2. The van der Waals surface area contributed by atoms with E-state index in [9.17, 15) is 9.59 Å². The number of carbonyl (C=O) groups is 2. The molecular formula is C22H22N2O3. The third-order valence-corrected chi connectivity index (χ3v) is 4.95. The molecular weight excluding hydrogens is 340 g/mol. The Morgan fingerprint density at radius 1 is 1.07 bits per heavy atom. The van der Waals surface area contributed by atoms with Gasteiger partial charge in [-0.15, -0.1) is 0 Å². The lowest BCUT2D eigenvalue weighted by atomic mass is 10.1. The summed E-state index contributed by atoms with van der Waals surface area (Å²) >= 11 is 0. The first-order valence-electron chi connectivity index (χ1n) is 9.35. The van der Waals surface area contributed by atoms with Crippen LogP contribution < -0.4 is 15.0 Å². The quantitative estimate of drug-likeness (QED) is 0.847. The summed E-state index contributed by atoms with van der Waals surface area (Å²) in [6.45, 7) is -0.0121. The van der Waals surface area contributed by atoms with E-state index < -0.39 is 0 Å². The highest BCUT2D eigenvalue weighted by atomic mass is 16.5. The van der Waals surface area contributed by atoms with Crippen LogP contribution in [0.2, 0.25) is 0 Å². The molecule has 1 fully saturated rings. The van der Waals surface area contributed by atoms with Crippen LogP contribution >= 0.6 is 0 Å². The van der Waals surface area contributed by atoms with Gasteiger partial charge in [0.1, 0.15) is 6.54 Å². The Kier molecular flexibility index (Phi) is 4.92. The molecule has 1 aliphatic heterocycles. The summed E-state index contributed by atoms with van der Waals surface area (Å²) in [6.07, 6.45) is 6.03. The van der Waals surface area contributed by atoms with Gasteiger partial charge in [0, 0.05) is 6.04 Å². The van der Waals surface area contributed by atoms with Crippen LogP contribution in [0.5, 0.6) is 5.75 Å². The first kappa shape index (κ1) is 17.3. The van der Waals surface area contributed by atoms with Gasteiger partial charge in [-0.3, -0.25) is 14.5 Å². The molecule has 1 heterocycles. The largest absolute Gasteiger partial charge is 0.449 e. The first-order valence-corrected chi connectivity index (χ1v) is 9.35. The summed E-state index contributed by atoms with van der Waals surface area (Å²) in [5.74, 6) is 0.353. The number of nitrogens with one attached hydrogen (secondary N) is 1. The maximum atomic E-state index is 13.0. The van der Waals surface area contributed by atoms with E-state index in [1.54, 1.807) is 12.1 Å². The molecule has 0 atom stereocenters. The van der Waals surface area contributed by atoms with Crippen molar-refractivity contribution < 1.29 is 14.3 Å². The van der Waals surface area contributed by atoms with Crippen LogP contribution in [0.15, 0.2) is 60.4 Å². The Hall–Kier alpha value is -3.08. The molecule has 0 unspecified atom stereocenters. The molecule has 1 aliphatic carbocycles. The molecule has 2 amide bonds. The van der Waals surface area contributed by atoms with E-state index in [-0.39, 0.29) is 30.2 Å². The Morgan fingerprint density at radius 3 is 2.56 bits per heavy atom. The molecule has 2 aromatic carbocycles. The number of nitrogens with zero attached hydrogens (tertiary/aromatic N) is 1. The minimum Gasteiger partial charge on any atom is -0.449 e. The van der Waals surface area contributed by atoms with Gasteiger partial charge in [-0.2, -0.15) is 0 Å². The number of hydrogen-bond acceptors (Lipinski definition) is 3. The number of benzene rings is 2. The molecule has 0 spiro atoms. The first-order chi connectivity index (χ1) is 13.2. The van der Waals surface area contributed by atoms with Crippen molar-refractivity contribution >= 4 is 23.6 Å². The Labute approximate surface area is 158 Å². The second kappa shape index (κ2) is 7.66. The number of hydrogen-bond donors (Lipinski definition) is 1. The number of anilines is 1. The van der Waals surface area contributed by atoms with Crippen molar-refractivity contribution in [1.82, 2.24) is 5.32 Å². The summed E-state index contributed by atoms with van der Waals surface area (Å²) in [7, 11) is 0. The standard InChI is InChI=1S/C22H22N2O3/c25-21(23-17-10-4-5-11-17)15-24-18-12-6-7-13-19(18)27-20(22(24)26)14-16-8-2-1-3-9-16/h1-3,6-9,12-14,17H,4-5,10-11,15H2,(H,23,25)/b20-14+. The van der Waals surface area contributed by atoms with Gasteiger partial charge >= 0.3 is 0 Å². The molecule has 0 radical (unpaired) electrons. The molecule has 1 N–H and O–H groups in total.